The molecule has 0 fully saturated rings. The quantitative estimate of drug-likeness (QED) is 0.593. The molecule has 0 aliphatic rings. The number of aromatic nitrogens is 1. The maximum absolute atomic E-state index is 12.3. The summed E-state index contributed by atoms with van der Waals surface area (Å²) in [6.07, 6.45) is -8.83. The maximum atomic E-state index is 12.3. The van der Waals surface area contributed by atoms with Crippen LogP contribution in [0.15, 0.2) is 18.3 Å². The van der Waals surface area contributed by atoms with Crippen molar-refractivity contribution in [3.8, 4) is 0 Å². The van der Waals surface area contributed by atoms with Crippen LogP contribution in [-0.2, 0) is 6.18 Å². The number of hydrogen-bond donors (Lipinski definition) is 0. The molecule has 0 saturated heterocycles. The second-order valence-corrected chi connectivity index (χ2v) is 4.75. The monoisotopic (exact) mass is 378 g/mol. The van der Waals surface area contributed by atoms with Crippen LogP contribution in [0.25, 0.3) is 0 Å². The molecule has 1 amide bonds. The van der Waals surface area contributed by atoms with Crippen LogP contribution in [0.5, 0.6) is 0 Å². The van der Waals surface area contributed by atoms with E-state index < -0.39 is 36.1 Å². The molecule has 0 aliphatic heterocycles. The van der Waals surface area contributed by atoms with Gasteiger partial charge in [-0.15, -0.1) is 0 Å². The summed E-state index contributed by atoms with van der Waals surface area (Å²) in [4.78, 5) is 15.6. The molecule has 10 heteroatoms. The lowest BCUT2D eigenvalue weighted by Crippen LogP contribution is -2.40. The van der Waals surface area contributed by atoms with Crippen LogP contribution in [0, 0.1) is 0 Å². The third-order valence-electron chi connectivity index (χ3n) is 2.32. The Kier molecular flexibility index (Phi) is 5.60. The van der Waals surface area contributed by atoms with E-state index in [-0.39, 0.29) is 11.9 Å². The molecular formula is C11H9BrF6N2O. The fourth-order valence-electron chi connectivity index (χ4n) is 1.42. The van der Waals surface area contributed by atoms with Crippen LogP contribution >= 0.6 is 15.9 Å². The molecular weight excluding hydrogens is 370 g/mol. The van der Waals surface area contributed by atoms with Gasteiger partial charge in [-0.1, -0.05) is 15.9 Å². The van der Waals surface area contributed by atoms with Gasteiger partial charge in [-0.05, 0) is 12.1 Å². The minimum Gasteiger partial charge on any atom is -0.327 e. The molecule has 3 nitrogen and oxygen atoms in total. The van der Waals surface area contributed by atoms with Gasteiger partial charge in [0.15, 0.2) is 0 Å². The molecule has 0 unspecified atom stereocenters. The number of carbonyl (C=O) groups excluding carboxylic acids is 1. The molecule has 0 bridgehead atoms. The topological polar surface area (TPSA) is 33.2 Å². The van der Waals surface area contributed by atoms with E-state index in [4.69, 9.17) is 0 Å². The second kappa shape index (κ2) is 6.63. The van der Waals surface area contributed by atoms with Gasteiger partial charge >= 0.3 is 12.4 Å². The zero-order valence-electron chi connectivity index (χ0n) is 10.3. The molecule has 0 aliphatic carbocycles. The van der Waals surface area contributed by atoms with Crippen molar-refractivity contribution in [1.29, 1.82) is 0 Å². The van der Waals surface area contributed by atoms with E-state index in [1.54, 1.807) is 0 Å². The molecule has 0 N–H and O–H groups in total. The van der Waals surface area contributed by atoms with Crippen LogP contribution in [-0.4, -0.2) is 40.4 Å². The Labute approximate surface area is 124 Å². The molecule has 1 aromatic rings. The van der Waals surface area contributed by atoms with Crippen LogP contribution in [0.2, 0.25) is 0 Å². The average Bonchev–Trinajstić information content (AvgIpc) is 2.35. The van der Waals surface area contributed by atoms with Gasteiger partial charge in [-0.2, -0.15) is 26.3 Å². The third-order valence-corrected chi connectivity index (χ3v) is 2.68. The zero-order chi connectivity index (χ0) is 16.3. The van der Waals surface area contributed by atoms with E-state index in [1.807, 2.05) is 0 Å². The summed E-state index contributed by atoms with van der Waals surface area (Å²) in [5.74, 6) is -1.08. The van der Waals surface area contributed by atoms with Gasteiger partial charge in [-0.25, -0.2) is 0 Å². The standard InChI is InChI=1S/C11H9BrF6N2O/c12-3-4-20(6-10(13,14)15)9(21)8-2-1-7(5-19-8)11(16,17)18/h1-2,5H,3-4,6H2. The summed E-state index contributed by atoms with van der Waals surface area (Å²) in [5, 5.41) is 0.0927. The zero-order valence-corrected chi connectivity index (χ0v) is 11.9. The Bertz CT molecular complexity index is 485. The molecule has 21 heavy (non-hydrogen) atoms. The van der Waals surface area contributed by atoms with Crippen molar-refractivity contribution in [3.63, 3.8) is 0 Å². The van der Waals surface area contributed by atoms with Crippen LogP contribution < -0.4 is 0 Å². The second-order valence-electron chi connectivity index (χ2n) is 3.96. The van der Waals surface area contributed by atoms with E-state index in [9.17, 15) is 31.1 Å². The number of hydrogen-bond acceptors (Lipinski definition) is 2. The first-order valence-electron chi connectivity index (χ1n) is 5.50. The van der Waals surface area contributed by atoms with Crippen molar-refractivity contribution < 1.29 is 31.1 Å². The van der Waals surface area contributed by atoms with Crippen molar-refractivity contribution in [2.24, 2.45) is 0 Å². The molecule has 0 atom stereocenters. The Balaban J connectivity index is 2.94. The van der Waals surface area contributed by atoms with Crippen molar-refractivity contribution in [2.45, 2.75) is 12.4 Å². The lowest BCUT2D eigenvalue weighted by atomic mass is 10.2. The van der Waals surface area contributed by atoms with Crippen molar-refractivity contribution in [2.75, 3.05) is 18.4 Å². The highest BCUT2D eigenvalue weighted by Crippen LogP contribution is 2.28. The van der Waals surface area contributed by atoms with Gasteiger partial charge in [0.25, 0.3) is 5.91 Å². The first-order valence-corrected chi connectivity index (χ1v) is 6.62. The predicted molar refractivity (Wildman–Crippen MR) is 65.0 cm³/mol. The van der Waals surface area contributed by atoms with Gasteiger partial charge in [-0.3, -0.25) is 9.78 Å². The van der Waals surface area contributed by atoms with E-state index in [0.29, 0.717) is 17.2 Å². The number of rotatable bonds is 4. The minimum absolute atomic E-state index is 0.0927. The highest BCUT2D eigenvalue weighted by molar-refractivity contribution is 9.09. The summed E-state index contributed by atoms with van der Waals surface area (Å²) >= 11 is 2.91. The molecule has 1 rings (SSSR count). The Morgan fingerprint density at radius 1 is 1.19 bits per heavy atom. The van der Waals surface area contributed by atoms with Crippen LogP contribution in [0.4, 0.5) is 26.3 Å². The van der Waals surface area contributed by atoms with Gasteiger partial charge in [0, 0.05) is 18.1 Å². The smallest absolute Gasteiger partial charge is 0.327 e. The van der Waals surface area contributed by atoms with E-state index in [2.05, 4.69) is 20.9 Å². The number of pyridine rings is 1. The van der Waals surface area contributed by atoms with Gasteiger partial charge in [0.1, 0.15) is 12.2 Å². The lowest BCUT2D eigenvalue weighted by molar-refractivity contribution is -0.140. The normalized spacial score (nSPS) is 12.3. The largest absolute Gasteiger partial charge is 0.417 e. The van der Waals surface area contributed by atoms with Crippen molar-refractivity contribution >= 4 is 21.8 Å². The SMILES string of the molecule is O=C(c1ccc(C(F)(F)F)cn1)N(CCBr)CC(F)(F)F. The molecule has 0 spiro atoms. The summed E-state index contributed by atoms with van der Waals surface area (Å²) < 4.78 is 74.0. The van der Waals surface area contributed by atoms with Gasteiger partial charge < -0.3 is 4.90 Å². The van der Waals surface area contributed by atoms with E-state index in [0.717, 1.165) is 6.07 Å². The number of amides is 1. The van der Waals surface area contributed by atoms with Gasteiger partial charge in [0.05, 0.1) is 5.56 Å². The summed E-state index contributed by atoms with van der Waals surface area (Å²) in [6.45, 7) is -1.75. The minimum atomic E-state index is -4.63. The Morgan fingerprint density at radius 2 is 1.81 bits per heavy atom. The van der Waals surface area contributed by atoms with Crippen molar-refractivity contribution in [3.05, 3.63) is 29.6 Å². The number of halogens is 7. The van der Waals surface area contributed by atoms with Gasteiger partial charge in [0.2, 0.25) is 0 Å². The van der Waals surface area contributed by atoms with E-state index in [1.165, 1.54) is 0 Å². The lowest BCUT2D eigenvalue weighted by Gasteiger charge is -2.22. The molecule has 1 heterocycles. The third kappa shape index (κ3) is 5.52. The first-order chi connectivity index (χ1) is 9.54. The fraction of sp³-hybridized carbons (Fsp3) is 0.455. The molecule has 1 aromatic heterocycles. The fourth-order valence-corrected chi connectivity index (χ4v) is 1.85. The Hall–Kier alpha value is -1.32. The number of carbonyl (C=O) groups is 1. The highest BCUT2D eigenvalue weighted by atomic mass is 79.9. The molecule has 118 valence electrons. The number of nitrogens with zero attached hydrogens (tertiary/aromatic N) is 2. The summed E-state index contributed by atoms with van der Waals surface area (Å²) in [7, 11) is 0. The number of alkyl halides is 7. The molecule has 0 saturated carbocycles. The van der Waals surface area contributed by atoms with E-state index >= 15 is 0 Å². The van der Waals surface area contributed by atoms with Crippen LogP contribution in [0.3, 0.4) is 0 Å². The first kappa shape index (κ1) is 17.7. The average molecular weight is 379 g/mol. The van der Waals surface area contributed by atoms with Crippen molar-refractivity contribution in [1.82, 2.24) is 9.88 Å². The summed E-state index contributed by atoms with van der Waals surface area (Å²) in [6, 6.07) is 1.35. The summed E-state index contributed by atoms with van der Waals surface area (Å²) in [5.41, 5.74) is -1.56. The highest BCUT2D eigenvalue weighted by Gasteiger charge is 2.34. The molecule has 0 radical (unpaired) electrons. The maximum Gasteiger partial charge on any atom is 0.417 e. The predicted octanol–water partition coefficient (Wildman–Crippen LogP) is 3.50. The Morgan fingerprint density at radius 3 is 2.19 bits per heavy atom. The van der Waals surface area contributed by atoms with Crippen LogP contribution in [0.1, 0.15) is 16.1 Å². The molecule has 0 aromatic carbocycles.